The summed E-state index contributed by atoms with van der Waals surface area (Å²) in [6, 6.07) is 9.01. The Kier molecular flexibility index (Phi) is 5.06. The minimum atomic E-state index is -4.41. The largest absolute Gasteiger partial charge is 0.416 e. The van der Waals surface area contributed by atoms with Crippen LogP contribution >= 0.6 is 0 Å². The van der Waals surface area contributed by atoms with Crippen LogP contribution in [0.2, 0.25) is 0 Å². The van der Waals surface area contributed by atoms with E-state index in [1.165, 1.54) is 24.3 Å². The molecule has 0 saturated heterocycles. The van der Waals surface area contributed by atoms with Gasteiger partial charge in [0, 0.05) is 6.54 Å². The molecule has 0 aliphatic rings. The fourth-order valence-corrected chi connectivity index (χ4v) is 2.97. The van der Waals surface area contributed by atoms with Crippen molar-refractivity contribution in [3.05, 3.63) is 65.5 Å². The number of halogens is 4. The standard InChI is InChI=1S/C15H13F4NO2S/c16-13-2-1-3-14(10-13)23(21,22)20-9-8-11-4-6-12(7-5-11)15(17,18)19/h1-7,10,20H,8-9H2. The summed E-state index contributed by atoms with van der Waals surface area (Å²) in [5.74, 6) is -0.671. The first-order valence-corrected chi connectivity index (χ1v) is 8.08. The van der Waals surface area contributed by atoms with Gasteiger partial charge < -0.3 is 0 Å². The van der Waals surface area contributed by atoms with Crippen LogP contribution in [0.4, 0.5) is 17.6 Å². The van der Waals surface area contributed by atoms with Crippen LogP contribution in [0.3, 0.4) is 0 Å². The minimum absolute atomic E-state index is 0.00971. The van der Waals surface area contributed by atoms with Gasteiger partial charge in [-0.3, -0.25) is 0 Å². The number of rotatable bonds is 5. The molecule has 0 heterocycles. The molecule has 0 aliphatic carbocycles. The highest BCUT2D eigenvalue weighted by molar-refractivity contribution is 7.89. The van der Waals surface area contributed by atoms with E-state index in [-0.39, 0.29) is 17.9 Å². The van der Waals surface area contributed by atoms with Gasteiger partial charge in [0.1, 0.15) is 5.82 Å². The van der Waals surface area contributed by atoms with Crippen molar-refractivity contribution >= 4 is 10.0 Å². The summed E-state index contributed by atoms with van der Waals surface area (Å²) in [4.78, 5) is -0.204. The number of alkyl halides is 3. The van der Waals surface area contributed by atoms with Crippen LogP contribution in [-0.4, -0.2) is 15.0 Å². The molecule has 0 saturated carbocycles. The molecule has 0 bridgehead atoms. The molecule has 0 aromatic heterocycles. The van der Waals surface area contributed by atoms with Crippen LogP contribution < -0.4 is 4.72 Å². The molecule has 0 unspecified atom stereocenters. The van der Waals surface area contributed by atoms with Gasteiger partial charge in [0.05, 0.1) is 10.5 Å². The molecule has 0 spiro atoms. The first kappa shape index (κ1) is 17.4. The molecule has 2 rings (SSSR count). The van der Waals surface area contributed by atoms with E-state index in [0.29, 0.717) is 5.56 Å². The Bertz CT molecular complexity index is 771. The summed E-state index contributed by atoms with van der Waals surface area (Å²) in [7, 11) is -3.85. The summed E-state index contributed by atoms with van der Waals surface area (Å²) >= 11 is 0. The van der Waals surface area contributed by atoms with Crippen molar-refractivity contribution < 1.29 is 26.0 Å². The van der Waals surface area contributed by atoms with Crippen LogP contribution in [0.25, 0.3) is 0 Å². The van der Waals surface area contributed by atoms with Crippen LogP contribution in [0.15, 0.2) is 53.4 Å². The summed E-state index contributed by atoms with van der Waals surface area (Å²) < 4.78 is 76.5. The number of sulfonamides is 1. The quantitative estimate of drug-likeness (QED) is 0.843. The molecule has 0 aliphatic heterocycles. The van der Waals surface area contributed by atoms with E-state index in [2.05, 4.69) is 4.72 Å². The lowest BCUT2D eigenvalue weighted by Crippen LogP contribution is -2.26. The molecule has 124 valence electrons. The Morgan fingerprint density at radius 3 is 2.22 bits per heavy atom. The van der Waals surface area contributed by atoms with Gasteiger partial charge in [-0.25, -0.2) is 17.5 Å². The maximum absolute atomic E-state index is 13.0. The monoisotopic (exact) mass is 347 g/mol. The predicted molar refractivity (Wildman–Crippen MR) is 76.7 cm³/mol. The summed E-state index contributed by atoms with van der Waals surface area (Å²) in [6.45, 7) is -0.00971. The van der Waals surface area contributed by atoms with Crippen molar-refractivity contribution in [3.8, 4) is 0 Å². The fourth-order valence-electron chi connectivity index (χ4n) is 1.91. The van der Waals surface area contributed by atoms with Gasteiger partial charge in [-0.05, 0) is 42.3 Å². The van der Waals surface area contributed by atoms with E-state index >= 15 is 0 Å². The second kappa shape index (κ2) is 6.67. The average Bonchev–Trinajstić information content (AvgIpc) is 2.47. The third kappa shape index (κ3) is 4.77. The molecular formula is C15H13F4NO2S. The third-order valence-electron chi connectivity index (χ3n) is 3.09. The molecule has 0 radical (unpaired) electrons. The second-order valence-corrected chi connectivity index (χ2v) is 6.57. The highest BCUT2D eigenvalue weighted by atomic mass is 32.2. The Hall–Kier alpha value is -1.93. The average molecular weight is 347 g/mol. The molecule has 23 heavy (non-hydrogen) atoms. The summed E-state index contributed by atoms with van der Waals surface area (Å²) in [5, 5.41) is 0. The Balaban J connectivity index is 1.97. The number of hydrogen-bond acceptors (Lipinski definition) is 2. The molecule has 2 aromatic rings. The smallest absolute Gasteiger partial charge is 0.211 e. The number of nitrogens with one attached hydrogen (secondary N) is 1. The van der Waals surface area contributed by atoms with Gasteiger partial charge in [0.15, 0.2) is 0 Å². The zero-order chi connectivity index (χ0) is 17.1. The van der Waals surface area contributed by atoms with Crippen molar-refractivity contribution in [3.63, 3.8) is 0 Å². The zero-order valence-electron chi connectivity index (χ0n) is 11.8. The molecule has 2 aromatic carbocycles. The lowest BCUT2D eigenvalue weighted by atomic mass is 10.1. The van der Waals surface area contributed by atoms with E-state index in [1.807, 2.05) is 0 Å². The molecule has 0 atom stereocenters. The summed E-state index contributed by atoms with van der Waals surface area (Å²) in [5.41, 5.74) is -0.207. The maximum Gasteiger partial charge on any atom is 0.416 e. The Morgan fingerprint density at radius 1 is 1.00 bits per heavy atom. The molecule has 0 amide bonds. The van der Waals surface area contributed by atoms with E-state index in [1.54, 1.807) is 0 Å². The van der Waals surface area contributed by atoms with Crippen LogP contribution in [0.1, 0.15) is 11.1 Å². The lowest BCUT2D eigenvalue weighted by molar-refractivity contribution is -0.137. The fraction of sp³-hybridized carbons (Fsp3) is 0.200. The Morgan fingerprint density at radius 2 is 1.65 bits per heavy atom. The number of benzene rings is 2. The zero-order valence-corrected chi connectivity index (χ0v) is 12.6. The topological polar surface area (TPSA) is 46.2 Å². The van der Waals surface area contributed by atoms with E-state index in [9.17, 15) is 26.0 Å². The Labute approximate surface area is 131 Å². The molecule has 1 N–H and O–H groups in total. The molecule has 0 fully saturated rings. The minimum Gasteiger partial charge on any atom is -0.211 e. The van der Waals surface area contributed by atoms with Crippen molar-refractivity contribution in [2.45, 2.75) is 17.5 Å². The highest BCUT2D eigenvalue weighted by Gasteiger charge is 2.29. The highest BCUT2D eigenvalue weighted by Crippen LogP contribution is 2.29. The van der Waals surface area contributed by atoms with Crippen LogP contribution in [-0.2, 0) is 22.6 Å². The predicted octanol–water partition coefficient (Wildman–Crippen LogP) is 3.37. The van der Waals surface area contributed by atoms with Gasteiger partial charge in [-0.2, -0.15) is 13.2 Å². The third-order valence-corrected chi connectivity index (χ3v) is 4.55. The van der Waals surface area contributed by atoms with Crippen molar-refractivity contribution in [1.29, 1.82) is 0 Å². The molecule has 8 heteroatoms. The SMILES string of the molecule is O=S(=O)(NCCc1ccc(C(F)(F)F)cc1)c1cccc(F)c1. The van der Waals surface area contributed by atoms with Gasteiger partial charge in [-0.15, -0.1) is 0 Å². The van der Waals surface area contributed by atoms with Crippen LogP contribution in [0, 0.1) is 5.82 Å². The lowest BCUT2D eigenvalue weighted by Gasteiger charge is -2.09. The van der Waals surface area contributed by atoms with Gasteiger partial charge in [0.25, 0.3) is 0 Å². The molecule has 3 nitrogen and oxygen atoms in total. The summed E-state index contributed by atoms with van der Waals surface area (Å²) in [6.07, 6.45) is -4.19. The molecular weight excluding hydrogens is 334 g/mol. The first-order valence-electron chi connectivity index (χ1n) is 6.60. The normalized spacial score (nSPS) is 12.3. The number of hydrogen-bond donors (Lipinski definition) is 1. The van der Waals surface area contributed by atoms with E-state index in [0.717, 1.165) is 24.3 Å². The second-order valence-electron chi connectivity index (χ2n) is 4.80. The first-order chi connectivity index (χ1) is 10.7. The van der Waals surface area contributed by atoms with E-state index in [4.69, 9.17) is 0 Å². The van der Waals surface area contributed by atoms with Gasteiger partial charge in [0.2, 0.25) is 10.0 Å². The van der Waals surface area contributed by atoms with E-state index < -0.39 is 27.6 Å². The van der Waals surface area contributed by atoms with Crippen molar-refractivity contribution in [1.82, 2.24) is 4.72 Å². The van der Waals surface area contributed by atoms with Gasteiger partial charge >= 0.3 is 6.18 Å². The van der Waals surface area contributed by atoms with Crippen molar-refractivity contribution in [2.24, 2.45) is 0 Å². The maximum atomic E-state index is 13.0. The van der Waals surface area contributed by atoms with Crippen molar-refractivity contribution in [2.75, 3.05) is 6.54 Å². The van der Waals surface area contributed by atoms with Crippen LogP contribution in [0.5, 0.6) is 0 Å². The van der Waals surface area contributed by atoms with Gasteiger partial charge in [-0.1, -0.05) is 18.2 Å².